The molecule has 1 heterocycles. The number of nitrogens with two attached hydrogens (primary N) is 1. The lowest BCUT2D eigenvalue weighted by molar-refractivity contribution is -0.159. The third-order valence-electron chi connectivity index (χ3n) is 2.17. The fraction of sp³-hybridized carbons (Fsp3) is 0.500. The lowest BCUT2D eigenvalue weighted by Gasteiger charge is -2.19. The van der Waals surface area contributed by atoms with E-state index in [-0.39, 0.29) is 0 Å². The summed E-state index contributed by atoms with van der Waals surface area (Å²) in [5.74, 6) is -2.45. The Morgan fingerprint density at radius 2 is 2.31 bits per heavy atom. The lowest BCUT2D eigenvalue weighted by atomic mass is 10.1. The smallest absolute Gasteiger partial charge is 0.400 e. The largest absolute Gasteiger partial charge is 0.409 e. The summed E-state index contributed by atoms with van der Waals surface area (Å²) in [6.07, 6.45) is -1.78. The molecule has 0 bridgehead atoms. The van der Waals surface area contributed by atoms with Gasteiger partial charge in [0, 0.05) is 18.9 Å². The zero-order chi connectivity index (χ0) is 12.3. The number of hydrogen-bond donors (Lipinski definition) is 2. The SMILES string of the molecule is Cc1nccn1CC(/C(N)=N/O)C(F)(F)F. The van der Waals surface area contributed by atoms with E-state index in [9.17, 15) is 13.2 Å². The summed E-state index contributed by atoms with van der Waals surface area (Å²) < 4.78 is 39.0. The van der Waals surface area contributed by atoms with Crippen LogP contribution >= 0.6 is 0 Å². The second-order valence-electron chi connectivity index (χ2n) is 3.25. The van der Waals surface area contributed by atoms with E-state index in [1.807, 2.05) is 0 Å². The first-order valence-electron chi connectivity index (χ1n) is 4.38. The summed E-state index contributed by atoms with van der Waals surface area (Å²) in [6, 6.07) is 0. The molecule has 1 atom stereocenters. The molecular formula is C8H11F3N4O. The number of halogens is 3. The maximum absolute atomic E-state index is 12.6. The normalized spacial score (nSPS) is 15.1. The number of aryl methyl sites for hydroxylation is 1. The van der Waals surface area contributed by atoms with E-state index in [0.29, 0.717) is 5.82 Å². The monoisotopic (exact) mass is 236 g/mol. The molecule has 0 saturated heterocycles. The highest BCUT2D eigenvalue weighted by molar-refractivity contribution is 5.82. The van der Waals surface area contributed by atoms with Crippen molar-refractivity contribution in [2.24, 2.45) is 16.8 Å². The van der Waals surface area contributed by atoms with Gasteiger partial charge in [0.25, 0.3) is 0 Å². The van der Waals surface area contributed by atoms with Crippen molar-refractivity contribution < 1.29 is 18.4 Å². The van der Waals surface area contributed by atoms with Gasteiger partial charge in [-0.1, -0.05) is 5.16 Å². The molecule has 8 heteroatoms. The first kappa shape index (κ1) is 12.3. The third kappa shape index (κ3) is 2.65. The van der Waals surface area contributed by atoms with Crippen LogP contribution in [0.1, 0.15) is 5.82 Å². The van der Waals surface area contributed by atoms with Crippen molar-refractivity contribution in [1.82, 2.24) is 9.55 Å². The molecule has 5 nitrogen and oxygen atoms in total. The maximum atomic E-state index is 12.6. The van der Waals surface area contributed by atoms with Crippen LogP contribution in [0.5, 0.6) is 0 Å². The van der Waals surface area contributed by atoms with Crippen LogP contribution in [0.3, 0.4) is 0 Å². The van der Waals surface area contributed by atoms with Gasteiger partial charge in [0.05, 0.1) is 0 Å². The molecule has 90 valence electrons. The predicted octanol–water partition coefficient (Wildman–Crippen LogP) is 1.12. The van der Waals surface area contributed by atoms with E-state index in [0.717, 1.165) is 0 Å². The van der Waals surface area contributed by atoms with Gasteiger partial charge >= 0.3 is 6.18 Å². The van der Waals surface area contributed by atoms with Gasteiger partial charge in [-0.05, 0) is 6.92 Å². The lowest BCUT2D eigenvalue weighted by Crippen LogP contribution is -2.39. The van der Waals surface area contributed by atoms with Gasteiger partial charge in [-0.25, -0.2) is 4.98 Å². The highest BCUT2D eigenvalue weighted by Crippen LogP contribution is 2.28. The molecule has 1 unspecified atom stereocenters. The second-order valence-corrected chi connectivity index (χ2v) is 3.25. The molecule has 0 saturated carbocycles. The highest BCUT2D eigenvalue weighted by Gasteiger charge is 2.43. The Morgan fingerprint density at radius 3 is 2.69 bits per heavy atom. The van der Waals surface area contributed by atoms with Crippen LogP contribution in [0.25, 0.3) is 0 Å². The molecule has 0 aliphatic carbocycles. The third-order valence-corrected chi connectivity index (χ3v) is 2.17. The first-order chi connectivity index (χ1) is 7.36. The Bertz CT molecular complexity index is 385. The molecule has 0 aliphatic rings. The van der Waals surface area contributed by atoms with E-state index in [1.165, 1.54) is 17.0 Å². The van der Waals surface area contributed by atoms with Gasteiger partial charge in [0.2, 0.25) is 0 Å². The number of amidine groups is 1. The van der Waals surface area contributed by atoms with Crippen molar-refractivity contribution in [2.45, 2.75) is 19.6 Å². The number of oxime groups is 1. The topological polar surface area (TPSA) is 76.4 Å². The molecule has 1 aromatic rings. The molecule has 1 rings (SSSR count). The number of rotatable bonds is 3. The molecular weight excluding hydrogens is 225 g/mol. The van der Waals surface area contributed by atoms with Crippen LogP contribution in [0.15, 0.2) is 17.5 Å². The van der Waals surface area contributed by atoms with Gasteiger partial charge in [0.15, 0.2) is 5.84 Å². The number of alkyl halides is 3. The average molecular weight is 236 g/mol. The Balaban J connectivity index is 2.93. The molecule has 0 radical (unpaired) electrons. The molecule has 16 heavy (non-hydrogen) atoms. The minimum atomic E-state index is -4.56. The molecule has 0 aliphatic heterocycles. The van der Waals surface area contributed by atoms with Crippen molar-refractivity contribution >= 4 is 5.84 Å². The van der Waals surface area contributed by atoms with Crippen molar-refractivity contribution in [3.05, 3.63) is 18.2 Å². The molecule has 0 amide bonds. The van der Waals surface area contributed by atoms with E-state index < -0.39 is 24.5 Å². The summed E-state index contributed by atoms with van der Waals surface area (Å²) in [4.78, 5) is 3.79. The van der Waals surface area contributed by atoms with Gasteiger partial charge in [-0.3, -0.25) is 0 Å². The minimum absolute atomic E-state index is 0.431. The number of imidazole rings is 1. The Kier molecular flexibility index (Phi) is 3.41. The zero-order valence-corrected chi connectivity index (χ0v) is 8.44. The van der Waals surface area contributed by atoms with Crippen LogP contribution in [0.4, 0.5) is 13.2 Å². The fourth-order valence-electron chi connectivity index (χ4n) is 1.23. The van der Waals surface area contributed by atoms with E-state index in [4.69, 9.17) is 10.9 Å². The van der Waals surface area contributed by atoms with E-state index >= 15 is 0 Å². The summed E-state index contributed by atoms with van der Waals surface area (Å²) >= 11 is 0. The van der Waals surface area contributed by atoms with Gasteiger partial charge < -0.3 is 15.5 Å². The summed E-state index contributed by atoms with van der Waals surface area (Å²) in [6.45, 7) is 1.12. The number of aromatic nitrogens is 2. The van der Waals surface area contributed by atoms with Gasteiger partial charge in [-0.2, -0.15) is 13.2 Å². The zero-order valence-electron chi connectivity index (χ0n) is 8.44. The average Bonchev–Trinajstić information content (AvgIpc) is 2.57. The van der Waals surface area contributed by atoms with Crippen molar-refractivity contribution in [1.29, 1.82) is 0 Å². The van der Waals surface area contributed by atoms with Crippen molar-refractivity contribution in [2.75, 3.05) is 0 Å². The van der Waals surface area contributed by atoms with E-state index in [2.05, 4.69) is 10.1 Å². The first-order valence-corrected chi connectivity index (χ1v) is 4.38. The van der Waals surface area contributed by atoms with Gasteiger partial charge in [0.1, 0.15) is 11.7 Å². The summed E-state index contributed by atoms with van der Waals surface area (Å²) in [7, 11) is 0. The van der Waals surface area contributed by atoms with Crippen LogP contribution in [0, 0.1) is 12.8 Å². The Hall–Kier alpha value is -1.73. The summed E-state index contributed by atoms with van der Waals surface area (Å²) in [5, 5.41) is 10.7. The van der Waals surface area contributed by atoms with Crippen molar-refractivity contribution in [3.63, 3.8) is 0 Å². The van der Waals surface area contributed by atoms with Gasteiger partial charge in [-0.15, -0.1) is 0 Å². The predicted molar refractivity (Wildman–Crippen MR) is 49.9 cm³/mol. The fourth-order valence-corrected chi connectivity index (χ4v) is 1.23. The number of hydrogen-bond acceptors (Lipinski definition) is 3. The molecule has 0 aromatic carbocycles. The van der Waals surface area contributed by atoms with Crippen molar-refractivity contribution in [3.8, 4) is 0 Å². The van der Waals surface area contributed by atoms with Crippen LogP contribution in [0.2, 0.25) is 0 Å². The second kappa shape index (κ2) is 4.42. The Morgan fingerprint density at radius 1 is 1.69 bits per heavy atom. The molecule has 0 spiro atoms. The molecule has 3 N–H and O–H groups in total. The molecule has 0 fully saturated rings. The van der Waals surface area contributed by atoms with Crippen LogP contribution < -0.4 is 5.73 Å². The van der Waals surface area contributed by atoms with Crippen LogP contribution in [-0.4, -0.2) is 26.8 Å². The van der Waals surface area contributed by atoms with E-state index in [1.54, 1.807) is 6.92 Å². The number of nitrogens with zero attached hydrogens (tertiary/aromatic N) is 3. The summed E-state index contributed by atoms with van der Waals surface area (Å²) in [5.41, 5.74) is 5.02. The quantitative estimate of drug-likeness (QED) is 0.357. The Labute approximate surface area is 89.4 Å². The highest BCUT2D eigenvalue weighted by atomic mass is 19.4. The molecule has 1 aromatic heterocycles. The van der Waals surface area contributed by atoms with Crippen LogP contribution in [-0.2, 0) is 6.54 Å². The standard InChI is InChI=1S/C8H11F3N4O/c1-5-13-2-3-15(5)4-6(7(12)14-16)8(9,10)11/h2-3,6,16H,4H2,1H3,(H2,12,14). The maximum Gasteiger partial charge on any atom is 0.400 e. The minimum Gasteiger partial charge on any atom is -0.409 e.